The van der Waals surface area contributed by atoms with Crippen LogP contribution < -0.4 is 22.3 Å². The molecule has 0 saturated heterocycles. The fourth-order valence-corrected chi connectivity index (χ4v) is 1.10. The van der Waals surface area contributed by atoms with Gasteiger partial charge in [0.05, 0.1) is 6.54 Å². The number of amides is 1. The Morgan fingerprint density at radius 2 is 2.12 bits per heavy atom. The fraction of sp³-hybridized carbons (Fsp3) is 0.500. The van der Waals surface area contributed by atoms with Crippen LogP contribution >= 0.6 is 0 Å². The average Bonchev–Trinajstić information content (AvgIpc) is 2.28. The lowest BCUT2D eigenvalue weighted by Gasteiger charge is -2.09. The number of aliphatic hydroxyl groups excluding tert-OH is 1. The van der Waals surface area contributed by atoms with Crippen LogP contribution in [0.1, 0.15) is 0 Å². The van der Waals surface area contributed by atoms with Gasteiger partial charge in [-0.3, -0.25) is 14.2 Å². The molecule has 0 aromatic carbocycles. The molecule has 1 atom stereocenters. The molecule has 4 N–H and O–H groups in total. The van der Waals surface area contributed by atoms with E-state index < -0.39 is 23.3 Å². The first kappa shape index (κ1) is 12.9. The number of aryl methyl sites for hydroxylation is 1. The fourth-order valence-electron chi connectivity index (χ4n) is 1.10. The number of carbonyl (C=O) groups excluding carboxylic acids is 1. The van der Waals surface area contributed by atoms with Crippen molar-refractivity contribution in [2.24, 2.45) is 19.8 Å². The Bertz CT molecular complexity index is 546. The predicted molar refractivity (Wildman–Crippen MR) is 58.4 cm³/mol. The lowest BCUT2D eigenvalue weighted by Crippen LogP contribution is -2.41. The largest absolute Gasteiger partial charge is 0.381 e. The first-order valence-electron chi connectivity index (χ1n) is 4.70. The molecule has 0 fully saturated rings. The van der Waals surface area contributed by atoms with Crippen molar-refractivity contribution >= 4 is 11.7 Å². The van der Waals surface area contributed by atoms with Gasteiger partial charge in [0.15, 0.2) is 0 Å². The minimum atomic E-state index is -1.43. The van der Waals surface area contributed by atoms with Gasteiger partial charge in [0, 0.05) is 14.1 Å². The zero-order valence-electron chi connectivity index (χ0n) is 9.38. The van der Waals surface area contributed by atoms with Gasteiger partial charge in [-0.1, -0.05) is 0 Å². The molecular formula is C8H13N5O4. The van der Waals surface area contributed by atoms with Crippen molar-refractivity contribution in [3.05, 3.63) is 20.8 Å². The third-order valence-corrected chi connectivity index (χ3v) is 2.11. The van der Waals surface area contributed by atoms with Crippen LogP contribution in [0.3, 0.4) is 0 Å². The minimum absolute atomic E-state index is 0.144. The Balaban J connectivity index is 2.98. The Morgan fingerprint density at radius 3 is 2.65 bits per heavy atom. The van der Waals surface area contributed by atoms with E-state index in [1.165, 1.54) is 14.1 Å². The molecule has 9 heteroatoms. The molecule has 1 heterocycles. The van der Waals surface area contributed by atoms with Crippen molar-refractivity contribution in [2.75, 3.05) is 11.9 Å². The van der Waals surface area contributed by atoms with Crippen LogP contribution in [0.5, 0.6) is 0 Å². The minimum Gasteiger partial charge on any atom is -0.381 e. The second-order valence-corrected chi connectivity index (χ2v) is 3.42. The molecule has 1 amide bonds. The summed E-state index contributed by atoms with van der Waals surface area (Å²) >= 11 is 0. The standard InChI is InChI=1S/C8H13N5O4/c1-12-7(16)6(11-13(2)8(12)17)10-3-4(14)5(9)15/h4,14H,3H2,1-2H3,(H2,9,15)(H,10,11). The molecule has 0 bridgehead atoms. The quantitative estimate of drug-likeness (QED) is 0.508. The highest BCUT2D eigenvalue weighted by Crippen LogP contribution is 1.90. The second-order valence-electron chi connectivity index (χ2n) is 3.42. The van der Waals surface area contributed by atoms with E-state index in [0.717, 1.165) is 9.25 Å². The number of hydrogen-bond donors (Lipinski definition) is 3. The van der Waals surface area contributed by atoms with Gasteiger partial charge >= 0.3 is 5.69 Å². The summed E-state index contributed by atoms with van der Waals surface area (Å²) in [5.41, 5.74) is 3.61. The summed E-state index contributed by atoms with van der Waals surface area (Å²) in [4.78, 5) is 33.4. The summed E-state index contributed by atoms with van der Waals surface area (Å²) in [7, 11) is 2.67. The number of nitrogens with two attached hydrogens (primary N) is 1. The van der Waals surface area contributed by atoms with Crippen LogP contribution in [0.2, 0.25) is 0 Å². The highest BCUT2D eigenvalue weighted by atomic mass is 16.3. The zero-order valence-corrected chi connectivity index (χ0v) is 9.38. The van der Waals surface area contributed by atoms with Crippen LogP contribution in [0, 0.1) is 0 Å². The summed E-state index contributed by atoms with van der Waals surface area (Å²) < 4.78 is 1.81. The molecule has 0 aliphatic rings. The third-order valence-electron chi connectivity index (χ3n) is 2.11. The van der Waals surface area contributed by atoms with Gasteiger partial charge in [-0.15, -0.1) is 5.10 Å². The second kappa shape index (κ2) is 4.78. The molecular weight excluding hydrogens is 230 g/mol. The van der Waals surface area contributed by atoms with Gasteiger partial charge in [-0.25, -0.2) is 9.48 Å². The monoisotopic (exact) mass is 243 g/mol. The number of aromatic nitrogens is 3. The van der Waals surface area contributed by atoms with Gasteiger partial charge in [-0.05, 0) is 0 Å². The van der Waals surface area contributed by atoms with Gasteiger partial charge in [-0.2, -0.15) is 0 Å². The molecule has 9 nitrogen and oxygen atoms in total. The van der Waals surface area contributed by atoms with E-state index in [9.17, 15) is 14.4 Å². The Labute approximate surface area is 95.5 Å². The molecule has 1 unspecified atom stereocenters. The number of aliphatic hydroxyl groups is 1. The molecule has 0 saturated carbocycles. The Kier molecular flexibility index (Phi) is 3.63. The summed E-state index contributed by atoms with van der Waals surface area (Å²) in [6.07, 6.45) is -1.43. The molecule has 1 rings (SSSR count). The third kappa shape index (κ3) is 2.69. The van der Waals surface area contributed by atoms with Crippen LogP contribution in [-0.4, -0.2) is 38.0 Å². The normalized spacial score (nSPS) is 12.2. The number of anilines is 1. The van der Waals surface area contributed by atoms with Crippen LogP contribution in [0.4, 0.5) is 5.82 Å². The lowest BCUT2D eigenvalue weighted by molar-refractivity contribution is -0.125. The van der Waals surface area contributed by atoms with E-state index >= 15 is 0 Å². The van der Waals surface area contributed by atoms with E-state index in [1.807, 2.05) is 0 Å². The van der Waals surface area contributed by atoms with Crippen LogP contribution in [-0.2, 0) is 18.9 Å². The maximum Gasteiger partial charge on any atom is 0.346 e. The van der Waals surface area contributed by atoms with Crippen molar-refractivity contribution < 1.29 is 9.90 Å². The van der Waals surface area contributed by atoms with Crippen LogP contribution in [0.15, 0.2) is 9.59 Å². The smallest absolute Gasteiger partial charge is 0.346 e. The van der Waals surface area contributed by atoms with Gasteiger partial charge in [0.25, 0.3) is 5.56 Å². The number of nitrogens with one attached hydrogen (secondary N) is 1. The molecule has 17 heavy (non-hydrogen) atoms. The number of carbonyl (C=O) groups is 1. The molecule has 0 aliphatic heterocycles. The molecule has 0 radical (unpaired) electrons. The molecule has 0 spiro atoms. The highest BCUT2D eigenvalue weighted by Gasteiger charge is 2.13. The number of nitrogens with zero attached hydrogens (tertiary/aromatic N) is 3. The van der Waals surface area contributed by atoms with E-state index in [1.54, 1.807) is 0 Å². The van der Waals surface area contributed by atoms with E-state index in [2.05, 4.69) is 10.4 Å². The SMILES string of the molecule is Cn1nc(NCC(O)C(N)=O)c(=O)n(C)c1=O. The Hall–Kier alpha value is -2.16. The first-order chi connectivity index (χ1) is 7.84. The van der Waals surface area contributed by atoms with Crippen molar-refractivity contribution in [3.8, 4) is 0 Å². The first-order valence-corrected chi connectivity index (χ1v) is 4.70. The maximum absolute atomic E-state index is 11.6. The number of primary amides is 1. The Morgan fingerprint density at radius 1 is 1.53 bits per heavy atom. The van der Waals surface area contributed by atoms with Crippen molar-refractivity contribution in [2.45, 2.75) is 6.10 Å². The number of hydrogen-bond acceptors (Lipinski definition) is 6. The molecule has 0 aliphatic carbocycles. The maximum atomic E-state index is 11.6. The molecule has 1 aromatic rings. The van der Waals surface area contributed by atoms with Crippen molar-refractivity contribution in [1.29, 1.82) is 0 Å². The highest BCUT2D eigenvalue weighted by molar-refractivity contribution is 5.79. The topological polar surface area (TPSA) is 132 Å². The summed E-state index contributed by atoms with van der Waals surface area (Å²) in [6, 6.07) is 0. The number of rotatable bonds is 4. The van der Waals surface area contributed by atoms with Gasteiger partial charge in [0.1, 0.15) is 6.10 Å². The zero-order chi connectivity index (χ0) is 13.2. The van der Waals surface area contributed by atoms with Crippen molar-refractivity contribution in [1.82, 2.24) is 14.3 Å². The lowest BCUT2D eigenvalue weighted by atomic mass is 10.3. The summed E-state index contributed by atoms with van der Waals surface area (Å²) in [5, 5.41) is 15.2. The summed E-state index contributed by atoms with van der Waals surface area (Å²) in [5.74, 6) is -1.06. The molecule has 94 valence electrons. The van der Waals surface area contributed by atoms with E-state index in [0.29, 0.717) is 0 Å². The summed E-state index contributed by atoms with van der Waals surface area (Å²) in [6.45, 7) is -0.254. The predicted octanol–water partition coefficient (Wildman–Crippen LogP) is -3.26. The molecule has 1 aromatic heterocycles. The van der Waals surface area contributed by atoms with E-state index in [4.69, 9.17) is 10.8 Å². The van der Waals surface area contributed by atoms with Crippen molar-refractivity contribution in [3.63, 3.8) is 0 Å². The van der Waals surface area contributed by atoms with Crippen LogP contribution in [0.25, 0.3) is 0 Å². The van der Waals surface area contributed by atoms with Gasteiger partial charge < -0.3 is 16.2 Å². The van der Waals surface area contributed by atoms with Gasteiger partial charge in [0.2, 0.25) is 11.7 Å². The average molecular weight is 243 g/mol. The van der Waals surface area contributed by atoms with E-state index in [-0.39, 0.29) is 12.4 Å².